The van der Waals surface area contributed by atoms with Crippen molar-refractivity contribution >= 4 is 10.9 Å². The van der Waals surface area contributed by atoms with Crippen LogP contribution in [-0.4, -0.2) is 32.6 Å². The third-order valence-electron chi connectivity index (χ3n) is 4.75. The first kappa shape index (κ1) is 14.4. The Hall–Kier alpha value is -2.18. The molecule has 0 radical (unpaired) electrons. The number of rotatable bonds is 4. The summed E-state index contributed by atoms with van der Waals surface area (Å²) in [5.74, 6) is 0. The maximum absolute atomic E-state index is 5.96. The zero-order valence-corrected chi connectivity index (χ0v) is 13.4. The summed E-state index contributed by atoms with van der Waals surface area (Å²) in [6.07, 6.45) is 4.88. The molecule has 1 saturated heterocycles. The summed E-state index contributed by atoms with van der Waals surface area (Å²) < 4.78 is 7.86. The molecule has 2 aromatic heterocycles. The first-order chi connectivity index (χ1) is 11.2. The second kappa shape index (κ2) is 5.79. The predicted octanol–water partition coefficient (Wildman–Crippen LogP) is 2.22. The fourth-order valence-electron chi connectivity index (χ4n) is 3.24. The Morgan fingerprint density at radius 2 is 2.30 bits per heavy atom. The summed E-state index contributed by atoms with van der Waals surface area (Å²) in [4.78, 5) is 0. The van der Waals surface area contributed by atoms with Crippen molar-refractivity contribution in [2.45, 2.75) is 32.0 Å². The second-order valence-corrected chi connectivity index (χ2v) is 6.17. The first-order valence-electron chi connectivity index (χ1n) is 7.98. The number of benzene rings is 1. The number of nitrogens with one attached hydrogen (secondary N) is 2. The van der Waals surface area contributed by atoms with Crippen molar-refractivity contribution in [1.82, 2.24) is 25.3 Å². The molecule has 0 saturated carbocycles. The largest absolute Gasteiger partial charge is 0.372 e. The highest BCUT2D eigenvalue weighted by molar-refractivity contribution is 5.78. The Balaban J connectivity index is 1.48. The smallest absolute Gasteiger partial charge is 0.101 e. The van der Waals surface area contributed by atoms with Crippen LogP contribution in [-0.2, 0) is 18.3 Å². The molecule has 0 aliphatic carbocycles. The molecule has 1 aromatic carbocycles. The Labute approximate surface area is 134 Å². The average molecular weight is 311 g/mol. The maximum atomic E-state index is 5.96. The van der Waals surface area contributed by atoms with E-state index >= 15 is 0 Å². The number of hydrogen-bond donors (Lipinski definition) is 2. The van der Waals surface area contributed by atoms with Gasteiger partial charge in [-0.1, -0.05) is 12.1 Å². The van der Waals surface area contributed by atoms with Crippen LogP contribution in [0.1, 0.15) is 29.3 Å². The van der Waals surface area contributed by atoms with Gasteiger partial charge in [-0.3, -0.25) is 9.78 Å². The van der Waals surface area contributed by atoms with E-state index in [4.69, 9.17) is 4.74 Å². The van der Waals surface area contributed by atoms with E-state index in [1.165, 1.54) is 16.8 Å². The Bertz CT molecular complexity index is 821. The van der Waals surface area contributed by atoms with Crippen molar-refractivity contribution in [3.05, 3.63) is 47.4 Å². The molecule has 3 aromatic rings. The van der Waals surface area contributed by atoms with Gasteiger partial charge >= 0.3 is 0 Å². The number of aromatic nitrogens is 4. The van der Waals surface area contributed by atoms with Crippen molar-refractivity contribution < 1.29 is 4.74 Å². The highest BCUT2D eigenvalue weighted by Crippen LogP contribution is 2.31. The lowest BCUT2D eigenvalue weighted by Gasteiger charge is -2.20. The molecule has 1 aliphatic heterocycles. The van der Waals surface area contributed by atoms with Crippen LogP contribution in [0.2, 0.25) is 0 Å². The minimum Gasteiger partial charge on any atom is -0.372 e. The quantitative estimate of drug-likeness (QED) is 0.775. The molecule has 0 bridgehead atoms. The molecule has 6 heteroatoms. The number of nitrogens with zero attached hydrogens (tertiary/aromatic N) is 3. The molecule has 0 amide bonds. The molecule has 3 heterocycles. The Kier molecular flexibility index (Phi) is 3.63. The van der Waals surface area contributed by atoms with Gasteiger partial charge in [0.25, 0.3) is 0 Å². The van der Waals surface area contributed by atoms with E-state index < -0.39 is 0 Å². The number of hydrogen-bond acceptors (Lipinski definition) is 4. The normalized spacial score (nSPS) is 21.3. The van der Waals surface area contributed by atoms with E-state index in [9.17, 15) is 0 Å². The summed E-state index contributed by atoms with van der Waals surface area (Å²) in [5.41, 5.74) is 4.68. The predicted molar refractivity (Wildman–Crippen MR) is 88.0 cm³/mol. The number of H-pyrrole nitrogens is 1. The molecule has 4 rings (SSSR count). The van der Waals surface area contributed by atoms with Gasteiger partial charge in [0.15, 0.2) is 0 Å². The van der Waals surface area contributed by atoms with Crippen LogP contribution in [0.3, 0.4) is 0 Å². The zero-order valence-electron chi connectivity index (χ0n) is 13.4. The van der Waals surface area contributed by atoms with E-state index in [-0.39, 0.29) is 6.10 Å². The molecule has 2 N–H and O–H groups in total. The molecule has 1 fully saturated rings. The van der Waals surface area contributed by atoms with E-state index in [0.717, 1.165) is 30.5 Å². The molecule has 2 atom stereocenters. The van der Waals surface area contributed by atoms with E-state index in [0.29, 0.717) is 6.04 Å². The Morgan fingerprint density at radius 1 is 1.39 bits per heavy atom. The standard InChI is InChI=1S/C17H21N5O/c1-11-14(10-20-22(11)2)17-15(5-6-23-17)18-8-12-3-4-13-9-19-21-16(13)7-12/h3-4,7,9-10,15,17-18H,5-6,8H2,1-2H3,(H,19,21)/t15-,17+/m0/s1. The third-order valence-corrected chi connectivity index (χ3v) is 4.75. The van der Waals surface area contributed by atoms with Gasteiger partial charge in [0, 0.05) is 42.9 Å². The van der Waals surface area contributed by atoms with Gasteiger partial charge in [0.2, 0.25) is 0 Å². The van der Waals surface area contributed by atoms with E-state index in [1.807, 2.05) is 24.1 Å². The lowest BCUT2D eigenvalue weighted by Crippen LogP contribution is -2.31. The van der Waals surface area contributed by atoms with Crippen LogP contribution < -0.4 is 5.32 Å². The summed E-state index contributed by atoms with van der Waals surface area (Å²) in [6.45, 7) is 3.70. The molecule has 1 aliphatic rings. The third kappa shape index (κ3) is 2.64. The second-order valence-electron chi connectivity index (χ2n) is 6.17. The van der Waals surface area contributed by atoms with E-state index in [2.05, 4.69) is 45.7 Å². The molecule has 6 nitrogen and oxygen atoms in total. The summed E-state index contributed by atoms with van der Waals surface area (Å²) in [5, 5.41) is 16.2. The first-order valence-corrected chi connectivity index (χ1v) is 7.98. The van der Waals surface area contributed by atoms with Crippen LogP contribution >= 0.6 is 0 Å². The summed E-state index contributed by atoms with van der Waals surface area (Å²) in [6, 6.07) is 6.71. The van der Waals surface area contributed by atoms with Crippen LogP contribution in [0.15, 0.2) is 30.6 Å². The highest BCUT2D eigenvalue weighted by Gasteiger charge is 2.31. The fourth-order valence-corrected chi connectivity index (χ4v) is 3.24. The zero-order chi connectivity index (χ0) is 15.8. The molecule has 120 valence electrons. The average Bonchev–Trinajstić information content (AvgIpc) is 3.26. The van der Waals surface area contributed by atoms with E-state index in [1.54, 1.807) is 0 Å². The highest BCUT2D eigenvalue weighted by atomic mass is 16.5. The number of fused-ring (bicyclic) bond motifs is 1. The van der Waals surface area contributed by atoms with Crippen molar-refractivity contribution in [3.8, 4) is 0 Å². The van der Waals surface area contributed by atoms with Gasteiger partial charge < -0.3 is 10.1 Å². The molecule has 23 heavy (non-hydrogen) atoms. The van der Waals surface area contributed by atoms with Crippen LogP contribution in [0.4, 0.5) is 0 Å². The molecule has 0 unspecified atom stereocenters. The van der Waals surface area contributed by atoms with Crippen molar-refractivity contribution in [3.63, 3.8) is 0 Å². The maximum Gasteiger partial charge on any atom is 0.101 e. The monoisotopic (exact) mass is 311 g/mol. The van der Waals surface area contributed by atoms with Gasteiger partial charge in [-0.05, 0) is 25.0 Å². The number of aromatic amines is 1. The lowest BCUT2D eigenvalue weighted by atomic mass is 10.0. The van der Waals surface area contributed by atoms with Gasteiger partial charge in [-0.15, -0.1) is 0 Å². The van der Waals surface area contributed by atoms with Crippen LogP contribution in [0, 0.1) is 6.92 Å². The van der Waals surface area contributed by atoms with Gasteiger partial charge in [0.1, 0.15) is 6.10 Å². The Morgan fingerprint density at radius 3 is 3.13 bits per heavy atom. The van der Waals surface area contributed by atoms with Crippen molar-refractivity contribution in [2.24, 2.45) is 7.05 Å². The SMILES string of the molecule is Cc1c([C@H]2OCC[C@@H]2NCc2ccc3cn[nH]c3c2)cnn1C. The molecular formula is C17H21N5O. The van der Waals surface area contributed by atoms with Gasteiger partial charge in [-0.25, -0.2) is 0 Å². The molecular weight excluding hydrogens is 290 g/mol. The van der Waals surface area contributed by atoms with Crippen LogP contribution in [0.25, 0.3) is 10.9 Å². The van der Waals surface area contributed by atoms with Crippen molar-refractivity contribution in [2.75, 3.05) is 6.61 Å². The lowest BCUT2D eigenvalue weighted by molar-refractivity contribution is 0.0979. The fraction of sp³-hybridized carbons (Fsp3) is 0.412. The number of aryl methyl sites for hydroxylation is 1. The summed E-state index contributed by atoms with van der Waals surface area (Å²) >= 11 is 0. The topological polar surface area (TPSA) is 67.8 Å². The molecule has 0 spiro atoms. The minimum absolute atomic E-state index is 0.0829. The van der Waals surface area contributed by atoms with Crippen LogP contribution in [0.5, 0.6) is 0 Å². The van der Waals surface area contributed by atoms with Gasteiger partial charge in [-0.2, -0.15) is 10.2 Å². The van der Waals surface area contributed by atoms with Crippen molar-refractivity contribution in [1.29, 1.82) is 0 Å². The summed E-state index contributed by atoms with van der Waals surface area (Å²) in [7, 11) is 1.97. The number of ether oxygens (including phenoxy) is 1. The van der Waals surface area contributed by atoms with Gasteiger partial charge in [0.05, 0.1) is 17.9 Å². The minimum atomic E-state index is 0.0829.